The fourth-order valence-corrected chi connectivity index (χ4v) is 3.51. The molecule has 1 aliphatic heterocycles. The third-order valence-corrected chi connectivity index (χ3v) is 5.31. The predicted molar refractivity (Wildman–Crippen MR) is 125 cm³/mol. The molecule has 0 bridgehead atoms. The number of guanidine groups is 1. The average molecular weight is 484 g/mol. The van der Waals surface area contributed by atoms with Crippen molar-refractivity contribution >= 4 is 40.8 Å². The van der Waals surface area contributed by atoms with Crippen molar-refractivity contribution in [2.24, 2.45) is 4.99 Å². The third-order valence-electron chi connectivity index (χ3n) is 5.31. The molecule has 7 heteroatoms. The summed E-state index contributed by atoms with van der Waals surface area (Å²) < 4.78 is 0. The Balaban J connectivity index is 0.00000261. The van der Waals surface area contributed by atoms with Gasteiger partial charge in [-0.05, 0) is 32.0 Å². The second-order valence-corrected chi connectivity index (χ2v) is 7.18. The van der Waals surface area contributed by atoms with Crippen LogP contribution in [0.15, 0.2) is 35.5 Å². The van der Waals surface area contributed by atoms with Crippen molar-refractivity contribution in [3.63, 3.8) is 0 Å². The van der Waals surface area contributed by atoms with Gasteiger partial charge >= 0.3 is 0 Å². The van der Waals surface area contributed by atoms with Gasteiger partial charge in [-0.15, -0.1) is 24.0 Å². The first-order chi connectivity index (χ1) is 12.7. The summed E-state index contributed by atoms with van der Waals surface area (Å²) in [5, 5.41) is 8.21. The molecule has 1 saturated heterocycles. The van der Waals surface area contributed by atoms with Crippen molar-refractivity contribution in [2.75, 3.05) is 53.4 Å². The summed E-state index contributed by atoms with van der Waals surface area (Å²) in [5.41, 5.74) is 2.54. The zero-order chi connectivity index (χ0) is 18.4. The highest BCUT2D eigenvalue weighted by Gasteiger charge is 2.19. The Bertz CT molecular complexity index is 720. The van der Waals surface area contributed by atoms with E-state index in [1.165, 1.54) is 16.5 Å². The van der Waals surface area contributed by atoms with E-state index in [-0.39, 0.29) is 24.0 Å². The molecule has 1 aliphatic rings. The van der Waals surface area contributed by atoms with E-state index in [2.05, 4.69) is 74.8 Å². The molecule has 27 heavy (non-hydrogen) atoms. The van der Waals surface area contributed by atoms with Crippen molar-refractivity contribution in [2.45, 2.75) is 19.4 Å². The molecule has 2 aromatic rings. The zero-order valence-electron chi connectivity index (χ0n) is 16.7. The first kappa shape index (κ1) is 22.0. The van der Waals surface area contributed by atoms with Crippen LogP contribution in [0.5, 0.6) is 0 Å². The highest BCUT2D eigenvalue weighted by atomic mass is 127. The Kier molecular flexibility index (Phi) is 8.85. The number of rotatable bonds is 6. The number of nitrogens with one attached hydrogen (secondary N) is 3. The van der Waals surface area contributed by atoms with Crippen molar-refractivity contribution in [1.82, 2.24) is 25.4 Å². The van der Waals surface area contributed by atoms with Crippen LogP contribution in [0.1, 0.15) is 12.5 Å². The van der Waals surface area contributed by atoms with Gasteiger partial charge in [0.15, 0.2) is 5.96 Å². The number of fused-ring (bicyclic) bond motifs is 1. The first-order valence-electron chi connectivity index (χ1n) is 9.59. The highest BCUT2D eigenvalue weighted by Crippen LogP contribution is 2.17. The topological polar surface area (TPSA) is 58.7 Å². The molecule has 0 aliphatic carbocycles. The lowest BCUT2D eigenvalue weighted by atomic mass is 10.1. The Morgan fingerprint density at radius 2 is 1.93 bits per heavy atom. The number of aromatic amines is 1. The summed E-state index contributed by atoms with van der Waals surface area (Å²) in [4.78, 5) is 12.6. The number of nitrogens with zero attached hydrogens (tertiary/aromatic N) is 3. The summed E-state index contributed by atoms with van der Waals surface area (Å²) in [7, 11) is 4.03. The van der Waals surface area contributed by atoms with E-state index in [1.807, 2.05) is 7.05 Å². The van der Waals surface area contributed by atoms with Crippen molar-refractivity contribution in [3.8, 4) is 0 Å². The van der Waals surface area contributed by atoms with Crippen LogP contribution in [-0.4, -0.2) is 80.1 Å². The molecule has 0 radical (unpaired) electrons. The minimum atomic E-state index is 0. The lowest BCUT2D eigenvalue weighted by Gasteiger charge is -2.36. The van der Waals surface area contributed by atoms with Crippen molar-refractivity contribution in [1.29, 1.82) is 0 Å². The molecule has 1 aromatic heterocycles. The SMILES string of the molecule is CN=C(NCCc1c[nH]c2ccccc12)NCC(C)N1CCN(C)CC1.I. The summed E-state index contributed by atoms with van der Waals surface area (Å²) >= 11 is 0. The van der Waals surface area contributed by atoms with E-state index in [4.69, 9.17) is 0 Å². The second-order valence-electron chi connectivity index (χ2n) is 7.18. The van der Waals surface area contributed by atoms with Crippen molar-refractivity contribution < 1.29 is 0 Å². The number of aliphatic imine (C=N–C) groups is 1. The summed E-state index contributed by atoms with van der Waals surface area (Å²) in [5.74, 6) is 0.880. The minimum absolute atomic E-state index is 0. The molecule has 0 amide bonds. The van der Waals surface area contributed by atoms with Gasteiger partial charge in [-0.1, -0.05) is 18.2 Å². The van der Waals surface area contributed by atoms with Gasteiger partial charge in [0.2, 0.25) is 0 Å². The first-order valence-corrected chi connectivity index (χ1v) is 9.59. The van der Waals surface area contributed by atoms with Crippen LogP contribution in [-0.2, 0) is 6.42 Å². The van der Waals surface area contributed by atoms with Crippen LogP contribution in [0.4, 0.5) is 0 Å². The van der Waals surface area contributed by atoms with Crippen LogP contribution in [0.3, 0.4) is 0 Å². The molecule has 3 N–H and O–H groups in total. The number of hydrogen-bond acceptors (Lipinski definition) is 3. The molecule has 0 spiro atoms. The van der Waals surface area contributed by atoms with Gasteiger partial charge in [0.1, 0.15) is 0 Å². The number of para-hydroxylation sites is 1. The van der Waals surface area contributed by atoms with Gasteiger partial charge in [-0.2, -0.15) is 0 Å². The number of piperazine rings is 1. The Labute approximate surface area is 179 Å². The molecular formula is C20H33IN6. The van der Waals surface area contributed by atoms with E-state index in [0.717, 1.165) is 51.6 Å². The second kappa shape index (κ2) is 10.9. The maximum atomic E-state index is 4.36. The average Bonchev–Trinajstić information content (AvgIpc) is 3.08. The maximum absolute atomic E-state index is 4.36. The zero-order valence-corrected chi connectivity index (χ0v) is 19.0. The van der Waals surface area contributed by atoms with Gasteiger partial charge in [-0.25, -0.2) is 0 Å². The lowest BCUT2D eigenvalue weighted by Crippen LogP contribution is -2.52. The van der Waals surface area contributed by atoms with E-state index < -0.39 is 0 Å². The Hall–Kier alpha value is -1.32. The minimum Gasteiger partial charge on any atom is -0.361 e. The molecule has 1 atom stereocenters. The third kappa shape index (κ3) is 6.08. The monoisotopic (exact) mass is 484 g/mol. The molecule has 0 saturated carbocycles. The van der Waals surface area contributed by atoms with Crippen LogP contribution in [0.25, 0.3) is 10.9 Å². The number of likely N-dealkylation sites (N-methyl/N-ethyl adjacent to an activating group) is 1. The summed E-state index contributed by atoms with van der Waals surface area (Å²) in [6, 6.07) is 8.95. The molecule has 3 rings (SSSR count). The molecule has 2 heterocycles. The summed E-state index contributed by atoms with van der Waals surface area (Å²) in [6.07, 6.45) is 3.08. The number of halogens is 1. The number of aromatic nitrogens is 1. The largest absolute Gasteiger partial charge is 0.361 e. The van der Waals surface area contributed by atoms with E-state index in [9.17, 15) is 0 Å². The Morgan fingerprint density at radius 1 is 1.19 bits per heavy atom. The smallest absolute Gasteiger partial charge is 0.191 e. The molecule has 6 nitrogen and oxygen atoms in total. The molecule has 1 fully saturated rings. The van der Waals surface area contributed by atoms with Gasteiger partial charge in [0.25, 0.3) is 0 Å². The number of benzene rings is 1. The van der Waals surface area contributed by atoms with E-state index in [0.29, 0.717) is 6.04 Å². The molecular weight excluding hydrogens is 451 g/mol. The Morgan fingerprint density at radius 3 is 2.67 bits per heavy atom. The van der Waals surface area contributed by atoms with Crippen LogP contribution < -0.4 is 10.6 Å². The van der Waals surface area contributed by atoms with Crippen LogP contribution in [0, 0.1) is 0 Å². The van der Waals surface area contributed by atoms with Gasteiger partial charge < -0.3 is 20.5 Å². The van der Waals surface area contributed by atoms with E-state index in [1.54, 1.807) is 0 Å². The fraction of sp³-hybridized carbons (Fsp3) is 0.550. The van der Waals surface area contributed by atoms with Crippen molar-refractivity contribution in [3.05, 3.63) is 36.0 Å². The quantitative estimate of drug-likeness (QED) is 0.334. The predicted octanol–water partition coefficient (Wildman–Crippen LogP) is 2.13. The van der Waals surface area contributed by atoms with Gasteiger partial charge in [0.05, 0.1) is 0 Å². The number of H-pyrrole nitrogens is 1. The molecule has 150 valence electrons. The number of hydrogen-bond donors (Lipinski definition) is 3. The standard InChI is InChI=1S/C20H32N6.HI/c1-16(26-12-10-25(3)11-13-26)14-24-20(21-2)22-9-8-17-15-23-19-7-5-4-6-18(17)19;/h4-7,15-16,23H,8-14H2,1-3H3,(H2,21,22,24);1H. The maximum Gasteiger partial charge on any atom is 0.191 e. The van der Waals surface area contributed by atoms with Crippen LogP contribution in [0.2, 0.25) is 0 Å². The fourth-order valence-electron chi connectivity index (χ4n) is 3.51. The van der Waals surface area contributed by atoms with Crippen LogP contribution >= 0.6 is 24.0 Å². The van der Waals surface area contributed by atoms with E-state index >= 15 is 0 Å². The highest BCUT2D eigenvalue weighted by molar-refractivity contribution is 14.0. The molecule has 1 unspecified atom stereocenters. The van der Waals surface area contributed by atoms with Gasteiger partial charge in [0, 0.05) is 69.5 Å². The molecule has 1 aromatic carbocycles. The lowest BCUT2D eigenvalue weighted by molar-refractivity contribution is 0.120. The van der Waals surface area contributed by atoms with Gasteiger partial charge in [-0.3, -0.25) is 9.89 Å². The summed E-state index contributed by atoms with van der Waals surface area (Å²) in [6.45, 7) is 8.67. The normalized spacial score (nSPS) is 17.5.